The van der Waals surface area contributed by atoms with E-state index in [-0.39, 0.29) is 0 Å². The second-order valence-corrected chi connectivity index (χ2v) is 13.1. The molecule has 48 heavy (non-hydrogen) atoms. The largest absolute Gasteiger partial charge is 0.233 e. The van der Waals surface area contributed by atoms with Gasteiger partial charge < -0.3 is 0 Å². The van der Waals surface area contributed by atoms with Gasteiger partial charge in [0.2, 0.25) is 0 Å². The van der Waals surface area contributed by atoms with Gasteiger partial charge in [-0.2, -0.15) is 30.6 Å². The minimum atomic E-state index is 0.799. The molecule has 0 unspecified atom stereocenters. The summed E-state index contributed by atoms with van der Waals surface area (Å²) in [6.45, 7) is 24.6. The van der Waals surface area contributed by atoms with E-state index in [4.69, 9.17) is 30.6 Å². The van der Waals surface area contributed by atoms with Gasteiger partial charge in [0.25, 0.3) is 0 Å². The van der Waals surface area contributed by atoms with Crippen LogP contribution in [0.5, 0.6) is 0 Å². The normalized spacial score (nSPS) is 11.8. The lowest BCUT2D eigenvalue weighted by Gasteiger charge is -2.28. The van der Waals surface area contributed by atoms with Crippen LogP contribution in [0.25, 0.3) is 34.1 Å². The van der Waals surface area contributed by atoms with Crippen molar-refractivity contribution in [2.75, 3.05) is 0 Å². The van der Waals surface area contributed by atoms with Crippen LogP contribution in [0.1, 0.15) is 68.3 Å². The summed E-state index contributed by atoms with van der Waals surface area (Å²) in [7, 11) is 0. The van der Waals surface area contributed by atoms with Crippen molar-refractivity contribution in [2.45, 2.75) is 83.1 Å². The molecule has 12 heteroatoms. The molecule has 0 atom stereocenters. The van der Waals surface area contributed by atoms with Crippen LogP contribution in [0, 0.1) is 83.1 Å². The lowest BCUT2D eigenvalue weighted by atomic mass is 10.1. The number of benzene rings is 1. The third-order valence-electron chi connectivity index (χ3n) is 8.67. The van der Waals surface area contributed by atoms with Crippen LogP contribution in [0.15, 0.2) is 36.4 Å². The van der Waals surface area contributed by atoms with E-state index in [9.17, 15) is 0 Å². The summed E-state index contributed by atoms with van der Waals surface area (Å²) in [5, 5.41) is 30.8. The summed E-state index contributed by atoms with van der Waals surface area (Å²) in [5.41, 5.74) is 16.0. The number of aryl methyl sites for hydroxylation is 12. The molecule has 0 saturated heterocycles. The third kappa shape index (κ3) is 4.81. The van der Waals surface area contributed by atoms with E-state index in [0.29, 0.717) is 0 Å². The van der Waals surface area contributed by atoms with Gasteiger partial charge in [0, 0.05) is 34.2 Å². The molecule has 1 aromatic carbocycles. The maximum absolute atomic E-state index is 5.13. The minimum absolute atomic E-state index is 0.799. The van der Waals surface area contributed by atoms with Gasteiger partial charge in [-0.1, -0.05) is 0 Å². The summed E-state index contributed by atoms with van der Waals surface area (Å²) >= 11 is 0. The molecule has 0 spiro atoms. The fourth-order valence-electron chi connectivity index (χ4n) is 7.01. The second kappa shape index (κ2) is 11.0. The van der Waals surface area contributed by atoms with Gasteiger partial charge in [0.15, 0.2) is 0 Å². The van der Waals surface area contributed by atoms with E-state index in [2.05, 4.69) is 77.9 Å². The van der Waals surface area contributed by atoms with Crippen molar-refractivity contribution in [2.24, 2.45) is 0 Å². The van der Waals surface area contributed by atoms with Crippen molar-refractivity contribution in [3.63, 3.8) is 0 Å². The molecule has 0 aliphatic rings. The third-order valence-corrected chi connectivity index (χ3v) is 8.67. The molecule has 246 valence electrons. The average molecular weight is 643 g/mol. The van der Waals surface area contributed by atoms with Gasteiger partial charge in [0.05, 0.1) is 34.2 Å². The number of hydrogen-bond acceptors (Lipinski definition) is 6. The Morgan fingerprint density at radius 3 is 0.458 bits per heavy atom. The fraction of sp³-hybridized carbons (Fsp3) is 0.333. The monoisotopic (exact) mass is 642 g/mol. The Kier molecular flexibility index (Phi) is 7.15. The van der Waals surface area contributed by atoms with Crippen LogP contribution in [-0.2, 0) is 0 Å². The standard InChI is InChI=1S/C36H42N12/c1-19-13-25(7)43(37-19)31-32(44-26(8)14-20(2)38-44)34(46-28(10)16-22(4)40-46)36(48-30(12)18-24(6)42-48)35(47-29(11)17-23(5)41-47)33(31)45-27(9)15-21(3)39-45/h13-18H,1-12H3. The Labute approximate surface area is 280 Å². The molecule has 0 amide bonds. The molecule has 6 aromatic heterocycles. The molecule has 7 aromatic rings. The first-order valence-corrected chi connectivity index (χ1v) is 16.2. The zero-order valence-electron chi connectivity index (χ0n) is 29.8. The Balaban J connectivity index is 1.90. The maximum atomic E-state index is 5.13. The molecule has 0 aliphatic heterocycles. The number of rotatable bonds is 6. The lowest BCUT2D eigenvalue weighted by molar-refractivity contribution is 0.706. The molecule has 12 nitrogen and oxygen atoms in total. The van der Waals surface area contributed by atoms with Crippen LogP contribution in [0.2, 0.25) is 0 Å². The first-order valence-electron chi connectivity index (χ1n) is 16.2. The van der Waals surface area contributed by atoms with Crippen molar-refractivity contribution < 1.29 is 0 Å². The predicted octanol–water partition coefficient (Wildman–Crippen LogP) is 6.50. The Hall–Kier alpha value is -5.52. The van der Waals surface area contributed by atoms with Crippen LogP contribution in [0.4, 0.5) is 0 Å². The van der Waals surface area contributed by atoms with Gasteiger partial charge in [-0.3, -0.25) is 0 Å². The van der Waals surface area contributed by atoms with Gasteiger partial charge in [-0.05, 0) is 119 Å². The summed E-state index contributed by atoms with van der Waals surface area (Å²) < 4.78 is 12.1. The average Bonchev–Trinajstić information content (AvgIpc) is 3.82. The van der Waals surface area contributed by atoms with Crippen molar-refractivity contribution in [3.8, 4) is 34.1 Å². The fourth-order valence-corrected chi connectivity index (χ4v) is 7.01. The van der Waals surface area contributed by atoms with E-state index in [1.165, 1.54) is 0 Å². The maximum Gasteiger partial charge on any atom is 0.121 e. The van der Waals surface area contributed by atoms with E-state index in [0.717, 1.165) is 102 Å². The zero-order valence-corrected chi connectivity index (χ0v) is 29.8. The minimum Gasteiger partial charge on any atom is -0.233 e. The van der Waals surface area contributed by atoms with Crippen molar-refractivity contribution in [3.05, 3.63) is 105 Å². The molecule has 6 heterocycles. The molecule has 0 saturated carbocycles. The first kappa shape index (κ1) is 31.1. The van der Waals surface area contributed by atoms with E-state index in [1.54, 1.807) is 0 Å². The van der Waals surface area contributed by atoms with E-state index >= 15 is 0 Å². The summed E-state index contributed by atoms with van der Waals surface area (Å²) in [6, 6.07) is 12.6. The molecule has 0 fully saturated rings. The number of nitrogens with zero attached hydrogens (tertiary/aromatic N) is 12. The van der Waals surface area contributed by atoms with Crippen LogP contribution in [-0.4, -0.2) is 58.7 Å². The summed E-state index contributed by atoms with van der Waals surface area (Å²) in [6.07, 6.45) is 0. The first-order chi connectivity index (χ1) is 22.7. The van der Waals surface area contributed by atoms with Gasteiger partial charge >= 0.3 is 0 Å². The number of aromatic nitrogens is 12. The summed E-state index contributed by atoms with van der Waals surface area (Å²) in [5.74, 6) is 0. The SMILES string of the molecule is Cc1cc(C)n(-c2c(-n3nc(C)cc3C)c(-n3nc(C)cc3C)c(-n3nc(C)cc3C)c(-n3nc(C)cc3C)c2-n2nc(C)cc2C)n1. The Bertz CT molecular complexity index is 1930. The molecule has 0 bridgehead atoms. The van der Waals surface area contributed by atoms with Crippen molar-refractivity contribution >= 4 is 0 Å². The highest BCUT2D eigenvalue weighted by atomic mass is 15.4. The van der Waals surface area contributed by atoms with Crippen molar-refractivity contribution in [1.82, 2.24) is 58.7 Å². The molecule has 7 rings (SSSR count). The van der Waals surface area contributed by atoms with Crippen LogP contribution < -0.4 is 0 Å². The van der Waals surface area contributed by atoms with Gasteiger partial charge in [0.1, 0.15) is 34.1 Å². The van der Waals surface area contributed by atoms with E-state index < -0.39 is 0 Å². The zero-order chi connectivity index (χ0) is 34.3. The number of hydrogen-bond donors (Lipinski definition) is 0. The molecule has 0 aliphatic carbocycles. The molecule has 0 N–H and O–H groups in total. The van der Waals surface area contributed by atoms with Gasteiger partial charge in [-0.15, -0.1) is 0 Å². The van der Waals surface area contributed by atoms with E-state index in [1.807, 2.05) is 69.6 Å². The highest BCUT2D eigenvalue weighted by Gasteiger charge is 2.36. The predicted molar refractivity (Wildman–Crippen MR) is 186 cm³/mol. The molecule has 0 radical (unpaired) electrons. The Morgan fingerprint density at radius 2 is 0.375 bits per heavy atom. The highest BCUT2D eigenvalue weighted by Crippen LogP contribution is 2.44. The van der Waals surface area contributed by atoms with Crippen LogP contribution >= 0.6 is 0 Å². The van der Waals surface area contributed by atoms with Crippen LogP contribution in [0.3, 0.4) is 0 Å². The quantitative estimate of drug-likeness (QED) is 0.205. The topological polar surface area (TPSA) is 107 Å². The second-order valence-electron chi connectivity index (χ2n) is 13.1. The lowest BCUT2D eigenvalue weighted by Crippen LogP contribution is -2.24. The van der Waals surface area contributed by atoms with Crippen molar-refractivity contribution in [1.29, 1.82) is 0 Å². The Morgan fingerprint density at radius 1 is 0.250 bits per heavy atom. The molecular weight excluding hydrogens is 600 g/mol. The smallest absolute Gasteiger partial charge is 0.121 e. The molecular formula is C36H42N12. The summed E-state index contributed by atoms with van der Waals surface area (Å²) in [4.78, 5) is 0. The van der Waals surface area contributed by atoms with Gasteiger partial charge in [-0.25, -0.2) is 28.1 Å². The highest BCUT2D eigenvalue weighted by molar-refractivity contribution is 5.88.